The number of carbonyl (C=O) groups is 1. The zero-order chi connectivity index (χ0) is 14.4. The minimum absolute atomic E-state index is 0.109. The molecule has 0 spiro atoms. The maximum Gasteiger partial charge on any atom is 0.243 e. The van der Waals surface area contributed by atoms with Gasteiger partial charge in [-0.2, -0.15) is 0 Å². The van der Waals surface area contributed by atoms with Crippen molar-refractivity contribution in [1.82, 2.24) is 10.2 Å². The predicted octanol–water partition coefficient (Wildman–Crippen LogP) is 1.76. The molecule has 1 fully saturated rings. The zero-order valence-electron chi connectivity index (χ0n) is 11.5. The molecule has 4 nitrogen and oxygen atoms in total. The summed E-state index contributed by atoms with van der Waals surface area (Å²) < 4.78 is 0. The van der Waals surface area contributed by atoms with Gasteiger partial charge in [0.25, 0.3) is 0 Å². The van der Waals surface area contributed by atoms with Crippen LogP contribution in [0.15, 0.2) is 36.9 Å². The van der Waals surface area contributed by atoms with E-state index in [2.05, 4.69) is 27.8 Å². The molecule has 0 bridgehead atoms. The normalized spacial score (nSPS) is 15.9. The van der Waals surface area contributed by atoms with Gasteiger partial charge in [-0.1, -0.05) is 24.2 Å². The fourth-order valence-corrected chi connectivity index (χ4v) is 2.50. The largest absolute Gasteiger partial charge is 0.369 e. The molecule has 108 valence electrons. The summed E-state index contributed by atoms with van der Waals surface area (Å²) in [7, 11) is 0. The van der Waals surface area contributed by atoms with Crippen LogP contribution in [0.2, 0.25) is 5.02 Å². The molecule has 0 aromatic heterocycles. The number of anilines is 1. The van der Waals surface area contributed by atoms with Crippen LogP contribution < -0.4 is 10.2 Å². The Balaban J connectivity index is 1.75. The number of carbonyl (C=O) groups excluding carboxylic acids is 1. The average Bonchev–Trinajstić information content (AvgIpc) is 2.48. The molecule has 1 aromatic carbocycles. The van der Waals surface area contributed by atoms with Crippen molar-refractivity contribution in [2.75, 3.05) is 44.2 Å². The first-order valence-corrected chi connectivity index (χ1v) is 7.20. The third-order valence-electron chi connectivity index (χ3n) is 3.46. The van der Waals surface area contributed by atoms with Crippen LogP contribution in [0.5, 0.6) is 0 Å². The number of nitrogens with one attached hydrogen (secondary N) is 1. The smallest absolute Gasteiger partial charge is 0.243 e. The molecule has 1 aliphatic heterocycles. The highest BCUT2D eigenvalue weighted by Crippen LogP contribution is 2.20. The van der Waals surface area contributed by atoms with E-state index in [9.17, 15) is 4.79 Å². The summed E-state index contributed by atoms with van der Waals surface area (Å²) in [6.07, 6.45) is 1.30. The van der Waals surface area contributed by atoms with Crippen LogP contribution in [0.4, 0.5) is 5.69 Å². The summed E-state index contributed by atoms with van der Waals surface area (Å²) in [5, 5.41) is 3.58. The van der Waals surface area contributed by atoms with Crippen molar-refractivity contribution in [3.8, 4) is 0 Å². The van der Waals surface area contributed by atoms with Gasteiger partial charge in [-0.15, -0.1) is 0 Å². The third kappa shape index (κ3) is 4.25. The highest BCUT2D eigenvalue weighted by Gasteiger charge is 2.16. The number of piperazine rings is 1. The second-order valence-corrected chi connectivity index (χ2v) is 5.24. The van der Waals surface area contributed by atoms with Crippen molar-refractivity contribution < 1.29 is 4.79 Å². The first-order chi connectivity index (χ1) is 9.69. The van der Waals surface area contributed by atoms with E-state index in [0.717, 1.165) is 37.7 Å². The van der Waals surface area contributed by atoms with E-state index in [1.165, 1.54) is 11.8 Å². The molecule has 1 saturated heterocycles. The highest BCUT2D eigenvalue weighted by atomic mass is 35.5. The molecular formula is C15H20ClN3O. The molecule has 20 heavy (non-hydrogen) atoms. The molecule has 0 aliphatic carbocycles. The molecule has 2 rings (SSSR count). The van der Waals surface area contributed by atoms with Gasteiger partial charge in [-0.25, -0.2) is 0 Å². The predicted molar refractivity (Wildman–Crippen MR) is 83.3 cm³/mol. The van der Waals surface area contributed by atoms with Crippen LogP contribution in [-0.2, 0) is 4.79 Å². The Hall–Kier alpha value is -1.52. The maximum absolute atomic E-state index is 11.1. The molecule has 0 unspecified atom stereocenters. The van der Waals surface area contributed by atoms with E-state index in [0.29, 0.717) is 6.54 Å². The lowest BCUT2D eigenvalue weighted by atomic mass is 10.2. The van der Waals surface area contributed by atoms with Crippen molar-refractivity contribution in [1.29, 1.82) is 0 Å². The van der Waals surface area contributed by atoms with E-state index < -0.39 is 0 Å². The molecule has 5 heteroatoms. The molecule has 0 radical (unpaired) electrons. The summed E-state index contributed by atoms with van der Waals surface area (Å²) >= 11 is 6.02. The molecule has 1 N–H and O–H groups in total. The van der Waals surface area contributed by atoms with Gasteiger partial charge in [0.15, 0.2) is 0 Å². The van der Waals surface area contributed by atoms with E-state index >= 15 is 0 Å². The lowest BCUT2D eigenvalue weighted by molar-refractivity contribution is -0.116. The Kier molecular flexibility index (Phi) is 5.44. The van der Waals surface area contributed by atoms with Gasteiger partial charge >= 0.3 is 0 Å². The SMILES string of the molecule is C=CC(=O)NCCN1CCN(c2cccc(Cl)c2)CC1. The minimum atomic E-state index is -0.109. The summed E-state index contributed by atoms with van der Waals surface area (Å²) in [5.41, 5.74) is 1.18. The van der Waals surface area contributed by atoms with E-state index in [1.54, 1.807) is 0 Å². The number of rotatable bonds is 5. The fraction of sp³-hybridized carbons (Fsp3) is 0.400. The van der Waals surface area contributed by atoms with Crippen molar-refractivity contribution in [3.63, 3.8) is 0 Å². The molecular weight excluding hydrogens is 274 g/mol. The number of hydrogen-bond acceptors (Lipinski definition) is 3. The average molecular weight is 294 g/mol. The summed E-state index contributed by atoms with van der Waals surface area (Å²) in [6.45, 7) is 8.94. The van der Waals surface area contributed by atoms with Gasteiger partial charge in [-0.05, 0) is 24.3 Å². The van der Waals surface area contributed by atoms with Crippen LogP contribution in [0.3, 0.4) is 0 Å². The lowest BCUT2D eigenvalue weighted by Gasteiger charge is -2.36. The maximum atomic E-state index is 11.1. The van der Waals surface area contributed by atoms with Crippen molar-refractivity contribution in [2.45, 2.75) is 0 Å². The molecule has 1 aromatic rings. The quantitative estimate of drug-likeness (QED) is 0.841. The first-order valence-electron chi connectivity index (χ1n) is 6.82. The summed E-state index contributed by atoms with van der Waals surface area (Å²) in [5.74, 6) is -0.109. The van der Waals surface area contributed by atoms with Gasteiger partial charge in [0.2, 0.25) is 5.91 Å². The van der Waals surface area contributed by atoms with Crippen molar-refractivity contribution >= 4 is 23.2 Å². The lowest BCUT2D eigenvalue weighted by Crippen LogP contribution is -2.48. The van der Waals surface area contributed by atoms with Crippen LogP contribution in [-0.4, -0.2) is 50.1 Å². The second kappa shape index (κ2) is 7.31. The van der Waals surface area contributed by atoms with Gasteiger partial charge < -0.3 is 10.2 Å². The van der Waals surface area contributed by atoms with Gasteiger partial charge in [0, 0.05) is 50.0 Å². The van der Waals surface area contributed by atoms with E-state index in [4.69, 9.17) is 11.6 Å². The first kappa shape index (κ1) is 14.9. The van der Waals surface area contributed by atoms with Crippen LogP contribution >= 0.6 is 11.6 Å². The molecule has 1 amide bonds. The third-order valence-corrected chi connectivity index (χ3v) is 3.69. The molecule has 0 atom stereocenters. The fourth-order valence-electron chi connectivity index (χ4n) is 2.31. The topological polar surface area (TPSA) is 35.6 Å². The molecule has 0 saturated carbocycles. The van der Waals surface area contributed by atoms with Crippen LogP contribution in [0.1, 0.15) is 0 Å². The van der Waals surface area contributed by atoms with Crippen LogP contribution in [0.25, 0.3) is 0 Å². The Bertz CT molecular complexity index is 470. The van der Waals surface area contributed by atoms with Gasteiger partial charge in [0.05, 0.1) is 0 Å². The number of nitrogens with zero attached hydrogens (tertiary/aromatic N) is 2. The number of hydrogen-bond donors (Lipinski definition) is 1. The monoisotopic (exact) mass is 293 g/mol. The van der Waals surface area contributed by atoms with Gasteiger partial charge in [0.1, 0.15) is 0 Å². The van der Waals surface area contributed by atoms with Gasteiger partial charge in [-0.3, -0.25) is 9.69 Å². The van der Waals surface area contributed by atoms with Crippen molar-refractivity contribution in [2.24, 2.45) is 0 Å². The Morgan fingerprint density at radius 3 is 2.75 bits per heavy atom. The number of halogens is 1. The minimum Gasteiger partial charge on any atom is -0.369 e. The zero-order valence-corrected chi connectivity index (χ0v) is 12.3. The van der Waals surface area contributed by atoms with Crippen LogP contribution in [0, 0.1) is 0 Å². The molecule has 1 heterocycles. The highest BCUT2D eigenvalue weighted by molar-refractivity contribution is 6.30. The summed E-state index contributed by atoms with van der Waals surface area (Å²) in [4.78, 5) is 15.7. The summed E-state index contributed by atoms with van der Waals surface area (Å²) in [6, 6.07) is 7.96. The molecule has 1 aliphatic rings. The number of benzene rings is 1. The Morgan fingerprint density at radius 2 is 2.10 bits per heavy atom. The van der Waals surface area contributed by atoms with E-state index in [-0.39, 0.29) is 5.91 Å². The Morgan fingerprint density at radius 1 is 1.35 bits per heavy atom. The van der Waals surface area contributed by atoms with E-state index in [1.807, 2.05) is 18.2 Å². The van der Waals surface area contributed by atoms with Crippen molar-refractivity contribution in [3.05, 3.63) is 41.9 Å². The second-order valence-electron chi connectivity index (χ2n) is 4.80. The standard InChI is InChI=1S/C15H20ClN3O/c1-2-15(20)17-6-7-18-8-10-19(11-9-18)14-5-3-4-13(16)12-14/h2-5,12H,1,6-11H2,(H,17,20). The Labute approximate surface area is 125 Å². The number of amides is 1.